The van der Waals surface area contributed by atoms with Crippen LogP contribution in [-0.2, 0) is 11.3 Å². The lowest BCUT2D eigenvalue weighted by Crippen LogP contribution is -2.07. The van der Waals surface area contributed by atoms with Gasteiger partial charge < -0.3 is 0 Å². The second-order valence-electron chi connectivity index (χ2n) is 5.90. The monoisotopic (exact) mass is 388 g/mol. The minimum absolute atomic E-state index is 0.278. The van der Waals surface area contributed by atoms with E-state index < -0.39 is 0 Å². The largest absolute Gasteiger partial charge is 0.298 e. The number of benzene rings is 1. The summed E-state index contributed by atoms with van der Waals surface area (Å²) in [5, 5.41) is 13.3. The lowest BCUT2D eigenvalue weighted by Gasteiger charge is -1.98. The van der Waals surface area contributed by atoms with Gasteiger partial charge in [-0.2, -0.15) is 0 Å². The highest BCUT2D eigenvalue weighted by Crippen LogP contribution is 2.23. The number of rotatable bonds is 6. The Balaban J connectivity index is 1.35. The molecule has 28 heavy (non-hydrogen) atoms. The summed E-state index contributed by atoms with van der Waals surface area (Å²) in [4.78, 5) is 20.8. The van der Waals surface area contributed by atoms with Crippen LogP contribution in [-0.4, -0.2) is 30.9 Å². The van der Waals surface area contributed by atoms with Gasteiger partial charge >= 0.3 is 0 Å². The molecule has 1 amide bonds. The molecule has 7 nitrogen and oxygen atoms in total. The topological polar surface area (TPSA) is 85.6 Å². The average Bonchev–Trinajstić information content (AvgIpc) is 3.37. The summed E-state index contributed by atoms with van der Waals surface area (Å²) >= 11 is 1.35. The molecule has 0 unspecified atom stereocenters. The first kappa shape index (κ1) is 17.7. The van der Waals surface area contributed by atoms with Crippen molar-refractivity contribution >= 4 is 28.5 Å². The lowest BCUT2D eigenvalue weighted by atomic mass is 10.2. The predicted molar refractivity (Wildman–Crippen MR) is 109 cm³/mol. The average molecular weight is 388 g/mol. The van der Waals surface area contributed by atoms with E-state index in [2.05, 4.69) is 25.6 Å². The van der Waals surface area contributed by atoms with E-state index in [1.165, 1.54) is 17.4 Å². The van der Waals surface area contributed by atoms with Crippen LogP contribution in [0.5, 0.6) is 0 Å². The Morgan fingerprint density at radius 2 is 1.96 bits per heavy atom. The highest BCUT2D eigenvalue weighted by molar-refractivity contribution is 7.14. The van der Waals surface area contributed by atoms with E-state index in [0.29, 0.717) is 17.4 Å². The van der Waals surface area contributed by atoms with Gasteiger partial charge in [0, 0.05) is 17.7 Å². The molecular weight excluding hydrogens is 372 g/mol. The fourth-order valence-electron chi connectivity index (χ4n) is 2.51. The molecule has 3 aromatic heterocycles. The Morgan fingerprint density at radius 1 is 1.11 bits per heavy atom. The van der Waals surface area contributed by atoms with Crippen LogP contribution in [0, 0.1) is 0 Å². The Hall–Kier alpha value is -3.65. The van der Waals surface area contributed by atoms with Gasteiger partial charge in [0.2, 0.25) is 5.91 Å². The van der Waals surface area contributed by atoms with Crippen LogP contribution in [0.2, 0.25) is 0 Å². The number of nitrogens with zero attached hydrogens (tertiary/aromatic N) is 5. The van der Waals surface area contributed by atoms with Crippen molar-refractivity contribution in [1.29, 1.82) is 0 Å². The Morgan fingerprint density at radius 3 is 2.79 bits per heavy atom. The van der Waals surface area contributed by atoms with E-state index >= 15 is 0 Å². The summed E-state index contributed by atoms with van der Waals surface area (Å²) < 4.78 is 1.73. The highest BCUT2D eigenvalue weighted by atomic mass is 32.1. The molecule has 0 bridgehead atoms. The van der Waals surface area contributed by atoms with Crippen LogP contribution in [0.1, 0.15) is 11.3 Å². The lowest BCUT2D eigenvalue weighted by molar-refractivity contribution is -0.111. The fourth-order valence-corrected chi connectivity index (χ4v) is 3.22. The minimum Gasteiger partial charge on any atom is -0.298 e. The molecule has 4 rings (SSSR count). The van der Waals surface area contributed by atoms with Crippen molar-refractivity contribution in [2.24, 2.45) is 0 Å². The molecule has 1 aromatic carbocycles. The molecule has 0 spiro atoms. The van der Waals surface area contributed by atoms with Crippen LogP contribution in [0.4, 0.5) is 5.13 Å². The van der Waals surface area contributed by atoms with Crippen molar-refractivity contribution in [1.82, 2.24) is 25.0 Å². The van der Waals surface area contributed by atoms with Crippen LogP contribution < -0.4 is 5.32 Å². The van der Waals surface area contributed by atoms with Gasteiger partial charge in [-0.3, -0.25) is 15.1 Å². The van der Waals surface area contributed by atoms with Gasteiger partial charge in [0.15, 0.2) is 5.13 Å². The number of hydrogen-bond acceptors (Lipinski definition) is 6. The second-order valence-corrected chi connectivity index (χ2v) is 6.76. The van der Waals surface area contributed by atoms with E-state index in [4.69, 9.17) is 0 Å². The number of amides is 1. The van der Waals surface area contributed by atoms with Crippen molar-refractivity contribution in [2.45, 2.75) is 6.54 Å². The van der Waals surface area contributed by atoms with Gasteiger partial charge in [-0.25, -0.2) is 9.67 Å². The summed E-state index contributed by atoms with van der Waals surface area (Å²) in [5.41, 5.74) is 3.24. The molecule has 3 heterocycles. The number of carbonyl (C=O) groups is 1. The van der Waals surface area contributed by atoms with Gasteiger partial charge in [0.05, 0.1) is 18.4 Å². The Bertz CT molecular complexity index is 1090. The molecule has 0 radical (unpaired) electrons. The number of aromatic nitrogens is 5. The van der Waals surface area contributed by atoms with Gasteiger partial charge in [-0.05, 0) is 23.8 Å². The van der Waals surface area contributed by atoms with Crippen molar-refractivity contribution in [3.63, 3.8) is 0 Å². The van der Waals surface area contributed by atoms with Crippen LogP contribution in [0.25, 0.3) is 17.5 Å². The minimum atomic E-state index is -0.278. The first-order valence-corrected chi connectivity index (χ1v) is 9.44. The summed E-state index contributed by atoms with van der Waals surface area (Å²) in [6.45, 7) is 0.628. The molecule has 0 aliphatic heterocycles. The van der Waals surface area contributed by atoms with Gasteiger partial charge in [0.1, 0.15) is 11.4 Å². The first-order chi connectivity index (χ1) is 13.8. The SMILES string of the molecule is O=C(/C=C/c1cn(Cc2ccccc2)nn1)Nc1nc(-c2ccccn2)cs1. The number of pyridine rings is 1. The molecule has 4 aromatic rings. The number of thiazole rings is 1. The van der Waals surface area contributed by atoms with E-state index in [1.807, 2.05) is 53.9 Å². The maximum absolute atomic E-state index is 12.1. The normalized spacial score (nSPS) is 11.0. The smallest absolute Gasteiger partial charge is 0.250 e. The molecule has 0 atom stereocenters. The maximum atomic E-state index is 12.1. The molecule has 1 N–H and O–H groups in total. The first-order valence-electron chi connectivity index (χ1n) is 8.56. The number of anilines is 1. The number of nitrogens with one attached hydrogen (secondary N) is 1. The fraction of sp³-hybridized carbons (Fsp3) is 0.0500. The van der Waals surface area contributed by atoms with Crippen LogP contribution in [0.15, 0.2) is 72.4 Å². The molecule has 8 heteroatoms. The van der Waals surface area contributed by atoms with Gasteiger partial charge in [-0.15, -0.1) is 16.4 Å². The molecule has 0 aliphatic carbocycles. The molecule has 0 aliphatic rings. The van der Waals surface area contributed by atoms with Gasteiger partial charge in [-0.1, -0.05) is 41.6 Å². The Labute approximate surface area is 165 Å². The standard InChI is InChI=1S/C20H16N6OS/c27-19(23-20-22-18(14-28-20)17-8-4-5-11-21-17)10-9-16-13-26(25-24-16)12-15-6-2-1-3-7-15/h1-11,13-14H,12H2,(H,22,23,27)/b10-9+. The number of hydrogen-bond donors (Lipinski definition) is 1. The maximum Gasteiger partial charge on any atom is 0.250 e. The molecule has 0 saturated heterocycles. The van der Waals surface area contributed by atoms with Crippen molar-refractivity contribution < 1.29 is 4.79 Å². The summed E-state index contributed by atoms with van der Waals surface area (Å²) in [6.07, 6.45) is 6.54. The zero-order chi connectivity index (χ0) is 19.2. The van der Waals surface area contributed by atoms with Crippen LogP contribution in [0.3, 0.4) is 0 Å². The molecule has 138 valence electrons. The molecular formula is C20H16N6OS. The Kier molecular flexibility index (Phi) is 5.30. The second kappa shape index (κ2) is 8.36. The zero-order valence-corrected chi connectivity index (χ0v) is 15.6. The van der Waals surface area contributed by atoms with Crippen molar-refractivity contribution in [2.75, 3.05) is 5.32 Å². The molecule has 0 fully saturated rings. The van der Waals surface area contributed by atoms with E-state index in [9.17, 15) is 4.79 Å². The summed E-state index contributed by atoms with van der Waals surface area (Å²) in [7, 11) is 0. The highest BCUT2D eigenvalue weighted by Gasteiger charge is 2.07. The van der Waals surface area contributed by atoms with E-state index in [-0.39, 0.29) is 5.91 Å². The predicted octanol–water partition coefficient (Wildman–Crippen LogP) is 3.50. The summed E-state index contributed by atoms with van der Waals surface area (Å²) in [6, 6.07) is 15.6. The van der Waals surface area contributed by atoms with Crippen LogP contribution >= 0.6 is 11.3 Å². The number of carbonyl (C=O) groups excluding carboxylic acids is 1. The molecule has 0 saturated carbocycles. The van der Waals surface area contributed by atoms with Crippen molar-refractivity contribution in [3.8, 4) is 11.4 Å². The quantitative estimate of drug-likeness (QED) is 0.511. The van der Waals surface area contributed by atoms with E-state index in [0.717, 1.165) is 17.0 Å². The zero-order valence-electron chi connectivity index (χ0n) is 14.8. The summed E-state index contributed by atoms with van der Waals surface area (Å²) in [5.74, 6) is -0.278. The van der Waals surface area contributed by atoms with E-state index in [1.54, 1.807) is 23.2 Å². The third-order valence-corrected chi connectivity index (χ3v) is 4.57. The third-order valence-electron chi connectivity index (χ3n) is 3.81. The van der Waals surface area contributed by atoms with Gasteiger partial charge in [0.25, 0.3) is 0 Å². The third kappa shape index (κ3) is 4.54. The van der Waals surface area contributed by atoms with Crippen molar-refractivity contribution in [3.05, 3.63) is 83.6 Å².